The molecule has 0 unspecified atom stereocenters. The van der Waals surface area contributed by atoms with E-state index in [1.165, 1.54) is 12.1 Å². The van der Waals surface area contributed by atoms with Crippen LogP contribution < -0.4 is 10.6 Å². The van der Waals surface area contributed by atoms with Crippen molar-refractivity contribution in [1.82, 2.24) is 9.97 Å². The van der Waals surface area contributed by atoms with Crippen molar-refractivity contribution in [2.45, 2.75) is 6.92 Å². The minimum Gasteiger partial charge on any atom is -0.340 e. The second kappa shape index (κ2) is 8.53. The number of hydrogen-bond donors (Lipinski definition) is 2. The van der Waals surface area contributed by atoms with Crippen LogP contribution in [0, 0.1) is 12.7 Å². The predicted molar refractivity (Wildman–Crippen MR) is 116 cm³/mol. The molecule has 30 heavy (non-hydrogen) atoms. The summed E-state index contributed by atoms with van der Waals surface area (Å²) in [6, 6.07) is 22.6. The maximum absolute atomic E-state index is 13.5. The van der Waals surface area contributed by atoms with Crippen molar-refractivity contribution >= 4 is 23.1 Å². The van der Waals surface area contributed by atoms with E-state index in [2.05, 4.69) is 20.6 Å². The largest absolute Gasteiger partial charge is 0.340 e. The summed E-state index contributed by atoms with van der Waals surface area (Å²) in [6.45, 7) is 1.98. The van der Waals surface area contributed by atoms with E-state index in [4.69, 9.17) is 0 Å². The van der Waals surface area contributed by atoms with Crippen LogP contribution in [0.1, 0.15) is 15.9 Å². The van der Waals surface area contributed by atoms with Crippen molar-refractivity contribution in [1.29, 1.82) is 0 Å². The Bertz CT molecular complexity index is 1190. The molecular weight excluding hydrogens is 379 g/mol. The summed E-state index contributed by atoms with van der Waals surface area (Å²) in [7, 11) is 0. The lowest BCUT2D eigenvalue weighted by molar-refractivity contribution is 0.102. The molecular formula is C24H19FN4O. The Morgan fingerprint density at radius 2 is 1.70 bits per heavy atom. The van der Waals surface area contributed by atoms with Gasteiger partial charge in [-0.1, -0.05) is 24.3 Å². The van der Waals surface area contributed by atoms with Crippen molar-refractivity contribution in [2.24, 2.45) is 0 Å². The normalized spacial score (nSPS) is 10.5. The number of benzene rings is 3. The molecule has 5 nitrogen and oxygen atoms in total. The summed E-state index contributed by atoms with van der Waals surface area (Å²) in [5.74, 6) is 0.478. The summed E-state index contributed by atoms with van der Waals surface area (Å²) in [4.78, 5) is 21.1. The zero-order valence-corrected chi connectivity index (χ0v) is 16.3. The number of anilines is 3. The molecule has 0 aliphatic carbocycles. The molecule has 1 amide bonds. The van der Waals surface area contributed by atoms with Gasteiger partial charge < -0.3 is 10.6 Å². The Morgan fingerprint density at radius 3 is 2.47 bits per heavy atom. The number of halogens is 1. The minimum absolute atomic E-state index is 0.178. The molecule has 0 aliphatic heterocycles. The summed E-state index contributed by atoms with van der Waals surface area (Å²) in [5, 5.41) is 6.06. The van der Waals surface area contributed by atoms with E-state index in [0.717, 1.165) is 16.9 Å². The number of amides is 1. The van der Waals surface area contributed by atoms with Crippen LogP contribution in [0.5, 0.6) is 0 Å². The minimum atomic E-state index is -0.339. The van der Waals surface area contributed by atoms with Crippen LogP contribution in [0.25, 0.3) is 11.4 Å². The molecule has 0 radical (unpaired) electrons. The van der Waals surface area contributed by atoms with Crippen LogP contribution in [0.4, 0.5) is 21.6 Å². The number of aryl methyl sites for hydroxylation is 1. The molecule has 6 heteroatoms. The molecule has 148 valence electrons. The Morgan fingerprint density at radius 1 is 0.900 bits per heavy atom. The zero-order valence-electron chi connectivity index (χ0n) is 16.3. The van der Waals surface area contributed by atoms with Crippen LogP contribution in [0.3, 0.4) is 0 Å². The number of hydrogen-bond acceptors (Lipinski definition) is 4. The smallest absolute Gasteiger partial charge is 0.255 e. The third-order valence-electron chi connectivity index (χ3n) is 4.43. The average Bonchev–Trinajstić information content (AvgIpc) is 2.74. The number of carbonyl (C=O) groups excluding carboxylic acids is 1. The molecule has 1 heterocycles. The quantitative estimate of drug-likeness (QED) is 0.460. The van der Waals surface area contributed by atoms with Crippen molar-refractivity contribution in [3.63, 3.8) is 0 Å². The van der Waals surface area contributed by atoms with Gasteiger partial charge in [-0.2, -0.15) is 0 Å². The zero-order chi connectivity index (χ0) is 20.9. The molecule has 0 atom stereocenters. The predicted octanol–water partition coefficient (Wildman–Crippen LogP) is 5.59. The lowest BCUT2D eigenvalue weighted by Gasteiger charge is -2.09. The first-order valence-corrected chi connectivity index (χ1v) is 9.41. The second-order valence-electron chi connectivity index (χ2n) is 6.80. The first-order chi connectivity index (χ1) is 14.6. The fourth-order valence-electron chi connectivity index (χ4n) is 2.97. The van der Waals surface area contributed by atoms with Crippen LogP contribution in [0.2, 0.25) is 0 Å². The highest BCUT2D eigenvalue weighted by atomic mass is 19.1. The summed E-state index contributed by atoms with van der Waals surface area (Å²) in [5.41, 5.74) is 3.75. The number of rotatable bonds is 5. The third kappa shape index (κ3) is 4.67. The molecule has 0 saturated heterocycles. The Labute approximate surface area is 173 Å². The van der Waals surface area contributed by atoms with Gasteiger partial charge in [0.15, 0.2) is 5.82 Å². The second-order valence-corrected chi connectivity index (χ2v) is 6.80. The topological polar surface area (TPSA) is 66.9 Å². The standard InChI is InChI=1S/C24H19FN4O/c1-16-4-2-7-21(14-16)28-24(30)17-8-10-20(11-9-17)27-22-12-13-26-23(29-22)18-5-3-6-19(25)15-18/h2-15H,1H3,(H,28,30)(H,26,27,29). The Balaban J connectivity index is 1.46. The number of nitrogens with one attached hydrogen (secondary N) is 2. The van der Waals surface area contributed by atoms with Gasteiger partial charge in [-0.3, -0.25) is 4.79 Å². The number of carbonyl (C=O) groups is 1. The number of nitrogens with zero attached hydrogens (tertiary/aromatic N) is 2. The summed E-state index contributed by atoms with van der Waals surface area (Å²) < 4.78 is 13.5. The van der Waals surface area contributed by atoms with Gasteiger partial charge in [0.25, 0.3) is 5.91 Å². The first kappa shape index (κ1) is 19.3. The fraction of sp³-hybridized carbons (Fsp3) is 0.0417. The Kier molecular flexibility index (Phi) is 5.48. The van der Waals surface area contributed by atoms with E-state index in [1.807, 2.05) is 31.2 Å². The molecule has 4 aromatic rings. The SMILES string of the molecule is Cc1cccc(NC(=O)c2ccc(Nc3ccnc(-c4cccc(F)c4)n3)cc2)c1. The molecule has 4 rings (SSSR count). The van der Waals surface area contributed by atoms with Crippen molar-refractivity contribution in [3.8, 4) is 11.4 Å². The summed E-state index contributed by atoms with van der Waals surface area (Å²) >= 11 is 0. The third-order valence-corrected chi connectivity index (χ3v) is 4.43. The van der Waals surface area contributed by atoms with E-state index in [0.29, 0.717) is 22.8 Å². The van der Waals surface area contributed by atoms with Gasteiger partial charge in [-0.25, -0.2) is 14.4 Å². The van der Waals surface area contributed by atoms with Gasteiger partial charge in [-0.05, 0) is 67.1 Å². The van der Waals surface area contributed by atoms with Crippen LogP contribution >= 0.6 is 0 Å². The maximum Gasteiger partial charge on any atom is 0.255 e. The van der Waals surface area contributed by atoms with Crippen LogP contribution in [-0.4, -0.2) is 15.9 Å². The highest BCUT2D eigenvalue weighted by molar-refractivity contribution is 6.04. The van der Waals surface area contributed by atoms with E-state index >= 15 is 0 Å². The van der Waals surface area contributed by atoms with Crippen molar-refractivity contribution in [3.05, 3.63) is 102 Å². The monoisotopic (exact) mass is 398 g/mol. The molecule has 0 fully saturated rings. The van der Waals surface area contributed by atoms with Gasteiger partial charge >= 0.3 is 0 Å². The number of aromatic nitrogens is 2. The van der Waals surface area contributed by atoms with Crippen molar-refractivity contribution < 1.29 is 9.18 Å². The molecule has 0 bridgehead atoms. The highest BCUT2D eigenvalue weighted by Gasteiger charge is 2.08. The molecule has 1 aromatic heterocycles. The highest BCUT2D eigenvalue weighted by Crippen LogP contribution is 2.20. The van der Waals surface area contributed by atoms with E-state index in [1.54, 1.807) is 48.7 Å². The van der Waals surface area contributed by atoms with E-state index in [-0.39, 0.29) is 11.7 Å². The Hall–Kier alpha value is -4.06. The van der Waals surface area contributed by atoms with Crippen molar-refractivity contribution in [2.75, 3.05) is 10.6 Å². The van der Waals surface area contributed by atoms with Gasteiger partial charge in [0.05, 0.1) is 0 Å². The molecule has 2 N–H and O–H groups in total. The molecule has 0 aliphatic rings. The van der Waals surface area contributed by atoms with Crippen LogP contribution in [0.15, 0.2) is 85.1 Å². The van der Waals surface area contributed by atoms with Gasteiger partial charge in [0, 0.05) is 28.7 Å². The average molecular weight is 398 g/mol. The molecule has 0 spiro atoms. The van der Waals surface area contributed by atoms with Gasteiger partial charge in [0.1, 0.15) is 11.6 Å². The first-order valence-electron chi connectivity index (χ1n) is 9.41. The van der Waals surface area contributed by atoms with Gasteiger partial charge in [-0.15, -0.1) is 0 Å². The van der Waals surface area contributed by atoms with Crippen LogP contribution in [-0.2, 0) is 0 Å². The fourth-order valence-corrected chi connectivity index (χ4v) is 2.97. The summed E-state index contributed by atoms with van der Waals surface area (Å²) in [6.07, 6.45) is 1.61. The maximum atomic E-state index is 13.5. The molecule has 3 aromatic carbocycles. The van der Waals surface area contributed by atoms with E-state index in [9.17, 15) is 9.18 Å². The van der Waals surface area contributed by atoms with Gasteiger partial charge in [0.2, 0.25) is 0 Å². The molecule has 0 saturated carbocycles. The lowest BCUT2D eigenvalue weighted by Crippen LogP contribution is -2.11. The van der Waals surface area contributed by atoms with E-state index < -0.39 is 0 Å². The lowest BCUT2D eigenvalue weighted by atomic mass is 10.1.